The molecule has 0 bridgehead atoms. The lowest BCUT2D eigenvalue weighted by molar-refractivity contribution is 0.0644. The molecule has 1 heterocycles. The average molecular weight is 248 g/mol. The predicted octanol–water partition coefficient (Wildman–Crippen LogP) is 1.18. The normalized spacial score (nSPS) is 10.2. The number of carboxylic acid groups (broad SMARTS) is 2. The highest BCUT2D eigenvalue weighted by atomic mass is 16.4. The van der Waals surface area contributed by atoms with Crippen molar-refractivity contribution in [1.29, 1.82) is 0 Å². The van der Waals surface area contributed by atoms with Gasteiger partial charge in [0.05, 0.1) is 5.56 Å². The molecule has 0 aliphatic heterocycles. The van der Waals surface area contributed by atoms with E-state index in [1.807, 2.05) is 0 Å². The Morgan fingerprint density at radius 1 is 1.11 bits per heavy atom. The van der Waals surface area contributed by atoms with Gasteiger partial charge in [-0.2, -0.15) is 0 Å². The van der Waals surface area contributed by atoms with Crippen molar-refractivity contribution in [2.75, 3.05) is 0 Å². The Morgan fingerprint density at radius 2 is 1.78 bits per heavy atom. The van der Waals surface area contributed by atoms with Crippen LogP contribution in [0.3, 0.4) is 0 Å². The molecule has 0 aliphatic rings. The van der Waals surface area contributed by atoms with E-state index in [-0.39, 0.29) is 17.1 Å². The number of imidazole rings is 1. The van der Waals surface area contributed by atoms with E-state index in [9.17, 15) is 14.7 Å². The molecule has 2 aromatic rings. The van der Waals surface area contributed by atoms with Crippen LogP contribution in [0.2, 0.25) is 0 Å². The summed E-state index contributed by atoms with van der Waals surface area (Å²) in [6.07, 6.45) is 0. The van der Waals surface area contributed by atoms with Gasteiger partial charge in [-0.3, -0.25) is 0 Å². The van der Waals surface area contributed by atoms with Gasteiger partial charge in [-0.25, -0.2) is 14.6 Å². The summed E-state index contributed by atoms with van der Waals surface area (Å²) < 4.78 is 0. The number of nitrogens with zero attached hydrogens (tertiary/aromatic N) is 1. The number of aromatic amines is 1. The van der Waals surface area contributed by atoms with Crippen LogP contribution in [0.5, 0.6) is 5.75 Å². The molecule has 0 unspecified atom stereocenters. The van der Waals surface area contributed by atoms with Gasteiger partial charge < -0.3 is 20.3 Å². The summed E-state index contributed by atoms with van der Waals surface area (Å²) in [5.41, 5.74) is -0.894. The van der Waals surface area contributed by atoms with Crippen LogP contribution in [0.25, 0.3) is 11.4 Å². The lowest BCUT2D eigenvalue weighted by atomic mass is 10.2. The molecular formula is C11H8N2O5. The van der Waals surface area contributed by atoms with Crippen molar-refractivity contribution in [2.45, 2.75) is 0 Å². The molecule has 7 nitrogen and oxygen atoms in total. The van der Waals surface area contributed by atoms with Crippen LogP contribution >= 0.6 is 0 Å². The van der Waals surface area contributed by atoms with Gasteiger partial charge in [0.15, 0.2) is 11.4 Å². The smallest absolute Gasteiger partial charge is 0.357 e. The van der Waals surface area contributed by atoms with Crippen molar-refractivity contribution in [2.24, 2.45) is 0 Å². The maximum Gasteiger partial charge on any atom is 0.357 e. The number of H-pyrrole nitrogens is 1. The summed E-state index contributed by atoms with van der Waals surface area (Å²) in [7, 11) is 0. The highest BCUT2D eigenvalue weighted by Crippen LogP contribution is 2.27. The van der Waals surface area contributed by atoms with Gasteiger partial charge >= 0.3 is 11.9 Å². The van der Waals surface area contributed by atoms with Gasteiger partial charge in [0.25, 0.3) is 0 Å². The highest BCUT2D eigenvalue weighted by Gasteiger charge is 2.23. The van der Waals surface area contributed by atoms with Gasteiger partial charge in [0.2, 0.25) is 0 Å². The van der Waals surface area contributed by atoms with E-state index < -0.39 is 23.3 Å². The molecule has 2 rings (SSSR count). The lowest BCUT2D eigenvalue weighted by Gasteiger charge is -1.99. The topological polar surface area (TPSA) is 124 Å². The quantitative estimate of drug-likeness (QED) is 0.646. The molecule has 0 aliphatic carbocycles. The van der Waals surface area contributed by atoms with Crippen LogP contribution in [0.1, 0.15) is 21.0 Å². The molecule has 7 heteroatoms. The third-order valence-electron chi connectivity index (χ3n) is 2.28. The highest BCUT2D eigenvalue weighted by molar-refractivity contribution is 5.99. The molecule has 1 aromatic carbocycles. The monoisotopic (exact) mass is 248 g/mol. The van der Waals surface area contributed by atoms with E-state index in [1.165, 1.54) is 12.1 Å². The molecule has 0 atom stereocenters. The molecule has 1 aromatic heterocycles. The number of para-hydroxylation sites is 1. The number of phenols is 1. The summed E-state index contributed by atoms with van der Waals surface area (Å²) in [5, 5.41) is 27.3. The summed E-state index contributed by atoms with van der Waals surface area (Å²) >= 11 is 0. The molecule has 92 valence electrons. The van der Waals surface area contributed by atoms with Gasteiger partial charge in [0, 0.05) is 0 Å². The first-order valence-corrected chi connectivity index (χ1v) is 4.85. The van der Waals surface area contributed by atoms with E-state index in [1.54, 1.807) is 12.1 Å². The Labute approximate surface area is 100 Å². The number of aromatic nitrogens is 2. The fourth-order valence-electron chi connectivity index (χ4n) is 1.48. The Balaban J connectivity index is 2.61. The number of carboxylic acids is 2. The van der Waals surface area contributed by atoms with Crippen LogP contribution in [-0.2, 0) is 0 Å². The number of aromatic hydroxyl groups is 1. The number of carbonyl (C=O) groups is 2. The second-order valence-corrected chi connectivity index (χ2v) is 3.44. The lowest BCUT2D eigenvalue weighted by Crippen LogP contribution is -2.07. The van der Waals surface area contributed by atoms with E-state index >= 15 is 0 Å². The molecule has 18 heavy (non-hydrogen) atoms. The number of rotatable bonds is 3. The van der Waals surface area contributed by atoms with Crippen molar-refractivity contribution in [3.8, 4) is 17.1 Å². The Bertz CT molecular complexity index is 601. The first-order chi connectivity index (χ1) is 8.50. The number of benzene rings is 1. The van der Waals surface area contributed by atoms with Crippen molar-refractivity contribution < 1.29 is 24.9 Å². The van der Waals surface area contributed by atoms with Gasteiger partial charge in [0.1, 0.15) is 11.6 Å². The fraction of sp³-hybridized carbons (Fsp3) is 0. The Morgan fingerprint density at radius 3 is 2.28 bits per heavy atom. The van der Waals surface area contributed by atoms with Crippen molar-refractivity contribution in [1.82, 2.24) is 9.97 Å². The third-order valence-corrected chi connectivity index (χ3v) is 2.28. The van der Waals surface area contributed by atoms with Crippen LogP contribution in [0.4, 0.5) is 0 Å². The van der Waals surface area contributed by atoms with Crippen LogP contribution in [0, 0.1) is 0 Å². The molecule has 0 spiro atoms. The van der Waals surface area contributed by atoms with Gasteiger partial charge in [-0.15, -0.1) is 0 Å². The first-order valence-electron chi connectivity index (χ1n) is 4.85. The third kappa shape index (κ3) is 1.88. The van der Waals surface area contributed by atoms with Gasteiger partial charge in [-0.1, -0.05) is 12.1 Å². The Hall–Kier alpha value is -2.83. The zero-order chi connectivity index (χ0) is 13.3. The zero-order valence-corrected chi connectivity index (χ0v) is 8.91. The number of hydrogen-bond acceptors (Lipinski definition) is 4. The van der Waals surface area contributed by atoms with E-state index in [4.69, 9.17) is 10.2 Å². The minimum Gasteiger partial charge on any atom is -0.507 e. The standard InChI is InChI=1S/C11H8N2O5/c14-6-4-2-1-3-5(6)9-12-7(10(15)16)8(13-9)11(17)18/h1-4,14H,(H,12,13)(H,15,16)(H,17,18). The van der Waals surface area contributed by atoms with E-state index in [2.05, 4.69) is 9.97 Å². The minimum absolute atomic E-state index is 0.0112. The largest absolute Gasteiger partial charge is 0.507 e. The number of hydrogen-bond donors (Lipinski definition) is 4. The van der Waals surface area contributed by atoms with Crippen molar-refractivity contribution in [3.63, 3.8) is 0 Å². The van der Waals surface area contributed by atoms with Gasteiger partial charge in [-0.05, 0) is 12.1 Å². The molecule has 0 fully saturated rings. The van der Waals surface area contributed by atoms with Crippen molar-refractivity contribution in [3.05, 3.63) is 35.7 Å². The second-order valence-electron chi connectivity index (χ2n) is 3.44. The zero-order valence-electron chi connectivity index (χ0n) is 8.91. The summed E-state index contributed by atoms with van der Waals surface area (Å²) in [4.78, 5) is 27.7. The maximum atomic E-state index is 10.9. The summed E-state index contributed by atoms with van der Waals surface area (Å²) in [6.45, 7) is 0. The number of nitrogens with one attached hydrogen (secondary N) is 1. The van der Waals surface area contributed by atoms with Crippen LogP contribution in [0.15, 0.2) is 24.3 Å². The molecule has 0 amide bonds. The second kappa shape index (κ2) is 4.21. The van der Waals surface area contributed by atoms with Crippen LogP contribution < -0.4 is 0 Å². The van der Waals surface area contributed by atoms with Crippen molar-refractivity contribution >= 4 is 11.9 Å². The van der Waals surface area contributed by atoms with Crippen LogP contribution in [-0.4, -0.2) is 37.2 Å². The molecular weight excluding hydrogens is 240 g/mol. The maximum absolute atomic E-state index is 10.9. The Kier molecular flexibility index (Phi) is 2.72. The minimum atomic E-state index is -1.45. The SMILES string of the molecule is O=C(O)c1nc(-c2ccccc2O)[nH]c1C(=O)O. The summed E-state index contributed by atoms with van der Waals surface area (Å²) in [6, 6.07) is 6.07. The first kappa shape index (κ1) is 11.6. The average Bonchev–Trinajstić information content (AvgIpc) is 2.74. The van der Waals surface area contributed by atoms with E-state index in [0.29, 0.717) is 0 Å². The van der Waals surface area contributed by atoms with E-state index in [0.717, 1.165) is 0 Å². The molecule has 0 radical (unpaired) electrons. The molecule has 0 saturated carbocycles. The summed E-state index contributed by atoms with van der Waals surface area (Å²) in [5.74, 6) is -3.02. The number of aromatic carboxylic acids is 2. The number of phenolic OH excluding ortho intramolecular Hbond substituents is 1. The fourth-order valence-corrected chi connectivity index (χ4v) is 1.48. The molecule has 0 saturated heterocycles. The predicted molar refractivity (Wildman–Crippen MR) is 59.6 cm³/mol. The molecule has 4 N–H and O–H groups in total.